The molecule has 1 amide bonds. The number of nitrogens with two attached hydrogens (primary N) is 1. The molecule has 2 aromatic heterocycles. The first-order valence-corrected chi connectivity index (χ1v) is 6.04. The number of rotatable bonds is 4. The minimum atomic E-state index is -0.559. The molecule has 0 radical (unpaired) electrons. The van der Waals surface area contributed by atoms with Crippen molar-refractivity contribution in [2.24, 2.45) is 5.73 Å². The number of primary amides is 1. The summed E-state index contributed by atoms with van der Waals surface area (Å²) in [5.74, 6) is -0.323. The minimum absolute atomic E-state index is 0.144. The Morgan fingerprint density at radius 3 is 2.83 bits per heavy atom. The van der Waals surface area contributed by atoms with E-state index in [0.29, 0.717) is 16.2 Å². The zero-order valence-electron chi connectivity index (χ0n) is 9.64. The summed E-state index contributed by atoms with van der Waals surface area (Å²) in [7, 11) is 0. The highest BCUT2D eigenvalue weighted by atomic mass is 32.1. The van der Waals surface area contributed by atoms with Gasteiger partial charge in [0.05, 0.1) is 11.8 Å². The van der Waals surface area contributed by atoms with E-state index in [4.69, 9.17) is 14.9 Å². The van der Waals surface area contributed by atoms with Gasteiger partial charge in [-0.2, -0.15) is 0 Å². The van der Waals surface area contributed by atoms with Crippen molar-refractivity contribution in [3.8, 4) is 0 Å². The molecule has 5 nitrogen and oxygen atoms in total. The average molecular weight is 265 g/mol. The lowest BCUT2D eigenvalue weighted by Crippen LogP contribution is -2.09. The first-order chi connectivity index (χ1) is 8.58. The van der Waals surface area contributed by atoms with E-state index in [1.807, 2.05) is 0 Å². The van der Waals surface area contributed by atoms with Crippen LogP contribution in [0.5, 0.6) is 0 Å². The summed E-state index contributed by atoms with van der Waals surface area (Å²) in [6.07, 6.45) is 1.54. The number of thiophene rings is 1. The molecular formula is C12H11NO4S. The fourth-order valence-electron chi connectivity index (χ4n) is 1.35. The Labute approximate surface area is 107 Å². The molecule has 2 N–H and O–H groups in total. The number of carbonyl (C=O) groups is 2. The van der Waals surface area contributed by atoms with Crippen LogP contribution in [0.4, 0.5) is 0 Å². The Morgan fingerprint density at radius 1 is 1.50 bits per heavy atom. The molecule has 0 bridgehead atoms. The summed E-state index contributed by atoms with van der Waals surface area (Å²) >= 11 is 1.13. The van der Waals surface area contributed by atoms with Gasteiger partial charge in [0.1, 0.15) is 17.2 Å². The predicted octanol–water partition coefficient (Wildman–Crippen LogP) is 2.11. The third kappa shape index (κ3) is 2.60. The first kappa shape index (κ1) is 12.4. The van der Waals surface area contributed by atoms with Crippen LogP contribution < -0.4 is 5.73 Å². The molecule has 94 valence electrons. The maximum Gasteiger partial charge on any atom is 0.348 e. The Balaban J connectivity index is 1.99. The van der Waals surface area contributed by atoms with E-state index in [1.54, 1.807) is 13.0 Å². The summed E-state index contributed by atoms with van der Waals surface area (Å²) in [5.41, 5.74) is 6.23. The number of hydrogen-bond donors (Lipinski definition) is 1. The highest BCUT2D eigenvalue weighted by Gasteiger charge is 2.13. The van der Waals surface area contributed by atoms with E-state index in [0.717, 1.165) is 16.9 Å². The number of esters is 1. The summed E-state index contributed by atoms with van der Waals surface area (Å²) in [4.78, 5) is 22.9. The molecule has 0 atom stereocenters. The average Bonchev–Trinajstić information content (AvgIpc) is 2.94. The number of aryl methyl sites for hydroxylation is 1. The van der Waals surface area contributed by atoms with Crippen LogP contribution in [0.15, 0.2) is 28.2 Å². The fourth-order valence-corrected chi connectivity index (χ4v) is 2.14. The van der Waals surface area contributed by atoms with Gasteiger partial charge in [-0.05, 0) is 19.1 Å². The van der Waals surface area contributed by atoms with Crippen molar-refractivity contribution in [2.45, 2.75) is 13.5 Å². The molecule has 18 heavy (non-hydrogen) atoms. The molecule has 0 saturated heterocycles. The molecule has 0 spiro atoms. The Bertz CT molecular complexity index is 584. The summed E-state index contributed by atoms with van der Waals surface area (Å²) in [6.45, 7) is 1.93. The van der Waals surface area contributed by atoms with E-state index in [1.165, 1.54) is 17.7 Å². The van der Waals surface area contributed by atoms with Crippen molar-refractivity contribution in [3.63, 3.8) is 0 Å². The van der Waals surface area contributed by atoms with Crippen LogP contribution in [0.1, 0.15) is 31.4 Å². The molecule has 0 fully saturated rings. The van der Waals surface area contributed by atoms with E-state index in [-0.39, 0.29) is 6.61 Å². The van der Waals surface area contributed by atoms with Gasteiger partial charge < -0.3 is 14.9 Å². The molecule has 0 aliphatic heterocycles. The van der Waals surface area contributed by atoms with Crippen LogP contribution in [-0.4, -0.2) is 11.9 Å². The van der Waals surface area contributed by atoms with E-state index in [9.17, 15) is 9.59 Å². The maximum absolute atomic E-state index is 11.7. The van der Waals surface area contributed by atoms with Crippen molar-refractivity contribution < 1.29 is 18.7 Å². The van der Waals surface area contributed by atoms with Gasteiger partial charge in [-0.1, -0.05) is 0 Å². The van der Waals surface area contributed by atoms with Crippen molar-refractivity contribution in [1.82, 2.24) is 0 Å². The van der Waals surface area contributed by atoms with Crippen LogP contribution in [0.25, 0.3) is 0 Å². The van der Waals surface area contributed by atoms with Gasteiger partial charge in [-0.25, -0.2) is 4.79 Å². The second kappa shape index (κ2) is 5.05. The smallest absolute Gasteiger partial charge is 0.348 e. The van der Waals surface area contributed by atoms with Crippen molar-refractivity contribution in [3.05, 3.63) is 45.5 Å². The second-order valence-corrected chi connectivity index (χ2v) is 4.55. The Kier molecular flexibility index (Phi) is 3.47. The van der Waals surface area contributed by atoms with Gasteiger partial charge >= 0.3 is 5.97 Å². The van der Waals surface area contributed by atoms with E-state index >= 15 is 0 Å². The van der Waals surface area contributed by atoms with Crippen LogP contribution in [-0.2, 0) is 11.3 Å². The van der Waals surface area contributed by atoms with Crippen molar-refractivity contribution in [2.75, 3.05) is 0 Å². The number of furan rings is 1. The number of amides is 1. The lowest BCUT2D eigenvalue weighted by atomic mass is 10.3. The molecule has 0 saturated carbocycles. The van der Waals surface area contributed by atoms with E-state index in [2.05, 4.69) is 0 Å². The first-order valence-electron chi connectivity index (χ1n) is 5.16. The largest absolute Gasteiger partial charge is 0.469 e. The van der Waals surface area contributed by atoms with Crippen LogP contribution in [0.3, 0.4) is 0 Å². The molecule has 2 aromatic rings. The van der Waals surface area contributed by atoms with Gasteiger partial charge in [0.15, 0.2) is 0 Å². The molecule has 6 heteroatoms. The van der Waals surface area contributed by atoms with E-state index < -0.39 is 11.9 Å². The molecule has 2 rings (SSSR count). The highest BCUT2D eigenvalue weighted by molar-refractivity contribution is 7.12. The third-order valence-corrected chi connectivity index (χ3v) is 3.32. The van der Waals surface area contributed by atoms with Crippen LogP contribution in [0.2, 0.25) is 0 Å². The topological polar surface area (TPSA) is 82.5 Å². The molecule has 0 aliphatic rings. The van der Waals surface area contributed by atoms with Crippen molar-refractivity contribution >= 4 is 23.2 Å². The number of carbonyl (C=O) groups excluding carboxylic acids is 2. The quantitative estimate of drug-likeness (QED) is 0.858. The van der Waals surface area contributed by atoms with Crippen LogP contribution >= 0.6 is 11.3 Å². The minimum Gasteiger partial charge on any atom is -0.469 e. The van der Waals surface area contributed by atoms with Crippen molar-refractivity contribution in [1.29, 1.82) is 0 Å². The molecule has 0 unspecified atom stereocenters. The molecule has 0 aromatic carbocycles. The number of ether oxygens (including phenoxy) is 1. The normalized spacial score (nSPS) is 10.3. The lowest BCUT2D eigenvalue weighted by molar-refractivity contribution is 0.0477. The lowest BCUT2D eigenvalue weighted by Gasteiger charge is -2.01. The zero-order chi connectivity index (χ0) is 13.1. The Hall–Kier alpha value is -2.08. The Morgan fingerprint density at radius 2 is 2.28 bits per heavy atom. The second-order valence-electron chi connectivity index (χ2n) is 3.64. The molecule has 0 aliphatic carbocycles. The summed E-state index contributed by atoms with van der Waals surface area (Å²) in [5, 5.41) is 1.53. The predicted molar refractivity (Wildman–Crippen MR) is 65.4 cm³/mol. The monoisotopic (exact) mass is 265 g/mol. The van der Waals surface area contributed by atoms with Gasteiger partial charge in [-0.15, -0.1) is 11.3 Å². The molecule has 2 heterocycles. The van der Waals surface area contributed by atoms with Gasteiger partial charge in [0, 0.05) is 10.9 Å². The third-order valence-electron chi connectivity index (χ3n) is 2.41. The van der Waals surface area contributed by atoms with Gasteiger partial charge in [-0.3, -0.25) is 4.79 Å². The highest BCUT2D eigenvalue weighted by Crippen LogP contribution is 2.17. The zero-order valence-corrected chi connectivity index (χ0v) is 10.5. The fraction of sp³-hybridized carbons (Fsp3) is 0.167. The maximum atomic E-state index is 11.7. The molecular weight excluding hydrogens is 254 g/mol. The SMILES string of the molecule is Cc1occc1COC(=O)c1cc(C(N)=O)cs1. The number of hydrogen-bond acceptors (Lipinski definition) is 5. The standard InChI is InChI=1S/C12H11NO4S/c1-7-8(2-3-16-7)5-17-12(15)10-4-9(6-18-10)11(13)14/h2-4,6H,5H2,1H3,(H2,13,14). The summed E-state index contributed by atoms with van der Waals surface area (Å²) in [6, 6.07) is 3.17. The summed E-state index contributed by atoms with van der Waals surface area (Å²) < 4.78 is 10.2. The van der Waals surface area contributed by atoms with Crippen LogP contribution in [0, 0.1) is 6.92 Å². The van der Waals surface area contributed by atoms with Gasteiger partial charge in [0.25, 0.3) is 0 Å². The van der Waals surface area contributed by atoms with Gasteiger partial charge in [0.2, 0.25) is 5.91 Å².